The Balaban J connectivity index is 2.02. The Morgan fingerprint density at radius 2 is 2.29 bits per heavy atom. The summed E-state index contributed by atoms with van der Waals surface area (Å²) in [7, 11) is 0. The SMILES string of the molecule is Clc1cccc(NC2C=CCCC2)c1. The van der Waals surface area contributed by atoms with E-state index in [4.69, 9.17) is 11.6 Å². The van der Waals surface area contributed by atoms with Crippen molar-refractivity contribution >= 4 is 17.3 Å². The van der Waals surface area contributed by atoms with E-state index in [2.05, 4.69) is 17.5 Å². The van der Waals surface area contributed by atoms with Crippen molar-refractivity contribution in [1.29, 1.82) is 0 Å². The number of benzene rings is 1. The van der Waals surface area contributed by atoms with Gasteiger partial charge in [0.15, 0.2) is 0 Å². The van der Waals surface area contributed by atoms with Crippen LogP contribution in [0.15, 0.2) is 36.4 Å². The number of anilines is 1. The van der Waals surface area contributed by atoms with Crippen molar-refractivity contribution in [3.05, 3.63) is 41.4 Å². The lowest BCUT2D eigenvalue weighted by atomic mass is 10.0. The second kappa shape index (κ2) is 4.52. The van der Waals surface area contributed by atoms with Crippen LogP contribution in [-0.4, -0.2) is 6.04 Å². The Morgan fingerprint density at radius 3 is 3.00 bits per heavy atom. The molecule has 0 radical (unpaired) electrons. The van der Waals surface area contributed by atoms with Gasteiger partial charge in [0.25, 0.3) is 0 Å². The van der Waals surface area contributed by atoms with Gasteiger partial charge in [0.05, 0.1) is 0 Å². The Kier molecular flexibility index (Phi) is 3.10. The fourth-order valence-electron chi connectivity index (χ4n) is 1.72. The van der Waals surface area contributed by atoms with Gasteiger partial charge in [0, 0.05) is 16.8 Å². The molecule has 0 aliphatic heterocycles. The molecule has 1 aromatic rings. The Labute approximate surface area is 89.8 Å². The summed E-state index contributed by atoms with van der Waals surface area (Å²) in [5.41, 5.74) is 1.11. The molecule has 1 aromatic carbocycles. The molecular formula is C12H14ClN. The summed E-state index contributed by atoms with van der Waals surface area (Å²) in [5, 5.41) is 4.24. The maximum absolute atomic E-state index is 5.90. The average Bonchev–Trinajstić information content (AvgIpc) is 2.19. The summed E-state index contributed by atoms with van der Waals surface area (Å²) in [5.74, 6) is 0. The van der Waals surface area contributed by atoms with Crippen molar-refractivity contribution in [2.75, 3.05) is 5.32 Å². The van der Waals surface area contributed by atoms with Crippen LogP contribution in [0.1, 0.15) is 19.3 Å². The molecule has 1 atom stereocenters. The molecule has 0 fully saturated rings. The Morgan fingerprint density at radius 1 is 1.36 bits per heavy atom. The van der Waals surface area contributed by atoms with Crippen molar-refractivity contribution in [2.24, 2.45) is 0 Å². The number of hydrogen-bond donors (Lipinski definition) is 1. The molecule has 0 bridgehead atoms. The average molecular weight is 208 g/mol. The standard InChI is InChI=1S/C12H14ClN/c13-10-5-4-8-12(9-10)14-11-6-2-1-3-7-11/h2,4-6,8-9,11,14H,1,3,7H2. The minimum atomic E-state index is 0.474. The monoisotopic (exact) mass is 207 g/mol. The van der Waals surface area contributed by atoms with E-state index in [1.165, 1.54) is 19.3 Å². The largest absolute Gasteiger partial charge is 0.379 e. The van der Waals surface area contributed by atoms with Gasteiger partial charge in [-0.3, -0.25) is 0 Å². The summed E-state index contributed by atoms with van der Waals surface area (Å²) in [4.78, 5) is 0. The van der Waals surface area contributed by atoms with Crippen molar-refractivity contribution in [3.8, 4) is 0 Å². The van der Waals surface area contributed by atoms with E-state index in [1.807, 2.05) is 24.3 Å². The summed E-state index contributed by atoms with van der Waals surface area (Å²) in [6.07, 6.45) is 8.18. The summed E-state index contributed by atoms with van der Waals surface area (Å²) >= 11 is 5.90. The van der Waals surface area contributed by atoms with Gasteiger partial charge in [-0.05, 0) is 37.5 Å². The molecule has 1 aliphatic rings. The molecule has 2 rings (SSSR count). The lowest BCUT2D eigenvalue weighted by molar-refractivity contribution is 0.674. The number of nitrogens with one attached hydrogen (secondary N) is 1. The third kappa shape index (κ3) is 2.52. The van der Waals surface area contributed by atoms with Crippen molar-refractivity contribution in [3.63, 3.8) is 0 Å². The number of allylic oxidation sites excluding steroid dienone is 1. The quantitative estimate of drug-likeness (QED) is 0.727. The smallest absolute Gasteiger partial charge is 0.0444 e. The van der Waals surface area contributed by atoms with Gasteiger partial charge in [-0.15, -0.1) is 0 Å². The zero-order chi connectivity index (χ0) is 9.80. The van der Waals surface area contributed by atoms with E-state index in [1.54, 1.807) is 0 Å². The van der Waals surface area contributed by atoms with Gasteiger partial charge >= 0.3 is 0 Å². The van der Waals surface area contributed by atoms with E-state index in [9.17, 15) is 0 Å². The molecule has 0 spiro atoms. The maximum atomic E-state index is 5.90. The van der Waals surface area contributed by atoms with E-state index >= 15 is 0 Å². The number of halogens is 1. The summed E-state index contributed by atoms with van der Waals surface area (Å²) < 4.78 is 0. The highest BCUT2D eigenvalue weighted by Gasteiger charge is 2.07. The van der Waals surface area contributed by atoms with Crippen LogP contribution >= 0.6 is 11.6 Å². The van der Waals surface area contributed by atoms with Crippen LogP contribution < -0.4 is 5.32 Å². The molecule has 0 amide bonds. The van der Waals surface area contributed by atoms with Crippen LogP contribution in [0.5, 0.6) is 0 Å². The maximum Gasteiger partial charge on any atom is 0.0444 e. The predicted octanol–water partition coefficient (Wildman–Crippen LogP) is 3.86. The second-order valence-electron chi connectivity index (χ2n) is 3.62. The first-order valence-electron chi connectivity index (χ1n) is 5.03. The van der Waals surface area contributed by atoms with Crippen molar-refractivity contribution in [2.45, 2.75) is 25.3 Å². The third-order valence-electron chi connectivity index (χ3n) is 2.43. The normalized spacial score (nSPS) is 20.8. The molecule has 74 valence electrons. The number of hydrogen-bond acceptors (Lipinski definition) is 1. The van der Waals surface area contributed by atoms with E-state index < -0.39 is 0 Å². The number of rotatable bonds is 2. The zero-order valence-electron chi connectivity index (χ0n) is 8.04. The van der Waals surface area contributed by atoms with Gasteiger partial charge in [0.1, 0.15) is 0 Å². The highest BCUT2D eigenvalue weighted by molar-refractivity contribution is 6.30. The third-order valence-corrected chi connectivity index (χ3v) is 2.67. The van der Waals surface area contributed by atoms with Gasteiger partial charge in [-0.1, -0.05) is 29.8 Å². The summed E-state index contributed by atoms with van der Waals surface area (Å²) in [6.45, 7) is 0. The highest BCUT2D eigenvalue weighted by atomic mass is 35.5. The van der Waals surface area contributed by atoms with Crippen LogP contribution in [0.25, 0.3) is 0 Å². The van der Waals surface area contributed by atoms with Crippen molar-refractivity contribution < 1.29 is 0 Å². The zero-order valence-corrected chi connectivity index (χ0v) is 8.80. The molecular weight excluding hydrogens is 194 g/mol. The highest BCUT2D eigenvalue weighted by Crippen LogP contribution is 2.19. The first kappa shape index (κ1) is 9.60. The molecule has 14 heavy (non-hydrogen) atoms. The fraction of sp³-hybridized carbons (Fsp3) is 0.333. The van der Waals surface area contributed by atoms with Crippen LogP contribution in [-0.2, 0) is 0 Å². The molecule has 0 saturated carbocycles. The van der Waals surface area contributed by atoms with Gasteiger partial charge in [0.2, 0.25) is 0 Å². The van der Waals surface area contributed by atoms with Crippen LogP contribution in [0.2, 0.25) is 5.02 Å². The summed E-state index contributed by atoms with van der Waals surface area (Å²) in [6, 6.07) is 8.35. The molecule has 0 saturated heterocycles. The van der Waals surface area contributed by atoms with Gasteiger partial charge in [-0.2, -0.15) is 0 Å². The molecule has 1 nitrogen and oxygen atoms in total. The minimum Gasteiger partial charge on any atom is -0.379 e. The molecule has 1 unspecified atom stereocenters. The van der Waals surface area contributed by atoms with E-state index in [-0.39, 0.29) is 0 Å². The topological polar surface area (TPSA) is 12.0 Å². The fourth-order valence-corrected chi connectivity index (χ4v) is 1.92. The minimum absolute atomic E-state index is 0.474. The lowest BCUT2D eigenvalue weighted by Crippen LogP contribution is -2.18. The Bertz CT molecular complexity index is 333. The molecule has 0 heterocycles. The lowest BCUT2D eigenvalue weighted by Gasteiger charge is -2.19. The van der Waals surface area contributed by atoms with Gasteiger partial charge < -0.3 is 5.32 Å². The van der Waals surface area contributed by atoms with E-state index in [0.29, 0.717) is 6.04 Å². The van der Waals surface area contributed by atoms with Crippen LogP contribution in [0.4, 0.5) is 5.69 Å². The molecule has 0 aromatic heterocycles. The van der Waals surface area contributed by atoms with Crippen molar-refractivity contribution in [1.82, 2.24) is 0 Å². The first-order chi connectivity index (χ1) is 6.84. The molecule has 1 N–H and O–H groups in total. The predicted molar refractivity (Wildman–Crippen MR) is 61.9 cm³/mol. The Hall–Kier alpha value is -0.950. The molecule has 2 heteroatoms. The molecule has 1 aliphatic carbocycles. The van der Waals surface area contributed by atoms with Crippen LogP contribution in [0.3, 0.4) is 0 Å². The first-order valence-corrected chi connectivity index (χ1v) is 5.41. The van der Waals surface area contributed by atoms with E-state index in [0.717, 1.165) is 10.7 Å². The van der Waals surface area contributed by atoms with Crippen LogP contribution in [0, 0.1) is 0 Å². The second-order valence-corrected chi connectivity index (χ2v) is 4.06. The van der Waals surface area contributed by atoms with Gasteiger partial charge in [-0.25, -0.2) is 0 Å².